The van der Waals surface area contributed by atoms with E-state index in [1.165, 1.54) is 19.3 Å². The van der Waals surface area contributed by atoms with E-state index >= 15 is 0 Å². The van der Waals surface area contributed by atoms with Crippen LogP contribution in [-0.4, -0.2) is 13.2 Å². The van der Waals surface area contributed by atoms with E-state index in [0.717, 1.165) is 30.6 Å². The van der Waals surface area contributed by atoms with Gasteiger partial charge >= 0.3 is 0 Å². The molecule has 1 saturated carbocycles. The van der Waals surface area contributed by atoms with Crippen LogP contribution in [0.3, 0.4) is 0 Å². The number of fused-ring (bicyclic) bond motifs is 2. The van der Waals surface area contributed by atoms with Crippen LogP contribution in [0.2, 0.25) is 0 Å². The van der Waals surface area contributed by atoms with Crippen LogP contribution in [0, 0.1) is 11.8 Å². The van der Waals surface area contributed by atoms with Crippen molar-refractivity contribution in [1.29, 1.82) is 0 Å². The molecule has 0 N–H and O–H groups in total. The molecule has 13 heavy (non-hydrogen) atoms. The monoisotopic (exact) mass is 178 g/mol. The maximum absolute atomic E-state index is 5.60. The Morgan fingerprint density at radius 1 is 1.62 bits per heavy atom. The Bertz CT molecular complexity index is 240. The third-order valence-electron chi connectivity index (χ3n) is 3.11. The zero-order chi connectivity index (χ0) is 9.26. The Hall–Kier alpha value is -0.560. The van der Waals surface area contributed by atoms with Gasteiger partial charge in [-0.05, 0) is 38.0 Å². The summed E-state index contributed by atoms with van der Waals surface area (Å²) in [5.41, 5.74) is 2.80. The van der Waals surface area contributed by atoms with E-state index in [1.54, 1.807) is 5.57 Å². The topological polar surface area (TPSA) is 9.23 Å². The fraction of sp³-hybridized carbons (Fsp3) is 0.667. The normalized spacial score (nSPS) is 30.7. The average Bonchev–Trinajstić information content (AvgIpc) is 2.64. The molecule has 0 saturated heterocycles. The molecular weight excluding hydrogens is 160 g/mol. The Morgan fingerprint density at radius 2 is 2.46 bits per heavy atom. The smallest absolute Gasteiger partial charge is 0.0671 e. The number of rotatable bonds is 4. The van der Waals surface area contributed by atoms with Crippen molar-refractivity contribution >= 4 is 0 Å². The second-order valence-electron chi connectivity index (χ2n) is 4.50. The lowest BCUT2D eigenvalue weighted by Crippen LogP contribution is -2.15. The summed E-state index contributed by atoms with van der Waals surface area (Å²) in [6.07, 6.45) is 6.36. The molecule has 0 heterocycles. The molecule has 0 amide bonds. The van der Waals surface area contributed by atoms with Crippen LogP contribution in [0.5, 0.6) is 0 Å². The molecule has 2 rings (SSSR count). The standard InChI is InChI=1S/C12H18O/c1-9(2)7-13-8-12-6-10-3-4-11(12)5-10/h3,11-12H,1,4-8H2,2H3. The molecule has 2 aliphatic rings. The molecule has 0 aromatic heterocycles. The van der Waals surface area contributed by atoms with Gasteiger partial charge in [0.1, 0.15) is 0 Å². The molecule has 2 bridgehead atoms. The molecule has 0 spiro atoms. The van der Waals surface area contributed by atoms with Crippen LogP contribution in [0.1, 0.15) is 26.2 Å². The molecule has 1 heteroatoms. The van der Waals surface area contributed by atoms with Crippen molar-refractivity contribution in [3.63, 3.8) is 0 Å². The minimum atomic E-state index is 0.738. The van der Waals surface area contributed by atoms with Gasteiger partial charge in [0.15, 0.2) is 0 Å². The van der Waals surface area contributed by atoms with Gasteiger partial charge in [-0.15, -0.1) is 0 Å². The number of ether oxygens (including phenoxy) is 1. The van der Waals surface area contributed by atoms with E-state index in [4.69, 9.17) is 4.74 Å². The minimum Gasteiger partial charge on any atom is -0.377 e. The highest BCUT2D eigenvalue weighted by molar-refractivity contribution is 5.18. The van der Waals surface area contributed by atoms with E-state index in [1.807, 2.05) is 6.92 Å². The molecule has 1 nitrogen and oxygen atoms in total. The highest BCUT2D eigenvalue weighted by atomic mass is 16.5. The summed E-state index contributed by atoms with van der Waals surface area (Å²) in [7, 11) is 0. The summed E-state index contributed by atoms with van der Waals surface area (Å²) < 4.78 is 5.60. The predicted molar refractivity (Wildman–Crippen MR) is 54.5 cm³/mol. The summed E-state index contributed by atoms with van der Waals surface area (Å²) in [6.45, 7) is 7.53. The van der Waals surface area contributed by atoms with Gasteiger partial charge in [0.2, 0.25) is 0 Å². The summed E-state index contributed by atoms with van der Waals surface area (Å²) in [6, 6.07) is 0. The highest BCUT2D eigenvalue weighted by Gasteiger charge is 2.33. The highest BCUT2D eigenvalue weighted by Crippen LogP contribution is 2.44. The molecule has 2 atom stereocenters. The van der Waals surface area contributed by atoms with Crippen LogP contribution in [0.4, 0.5) is 0 Å². The molecule has 1 fully saturated rings. The lowest BCUT2D eigenvalue weighted by Gasteiger charge is -2.18. The van der Waals surface area contributed by atoms with Crippen LogP contribution in [0.25, 0.3) is 0 Å². The van der Waals surface area contributed by atoms with E-state index in [0.29, 0.717) is 0 Å². The molecule has 0 aromatic carbocycles. The van der Waals surface area contributed by atoms with Gasteiger partial charge in [-0.1, -0.05) is 23.8 Å². The van der Waals surface area contributed by atoms with Crippen LogP contribution < -0.4 is 0 Å². The first-order valence-corrected chi connectivity index (χ1v) is 5.15. The first-order chi connectivity index (χ1) is 6.25. The van der Waals surface area contributed by atoms with Gasteiger partial charge in [0.05, 0.1) is 13.2 Å². The van der Waals surface area contributed by atoms with Crippen LogP contribution in [0.15, 0.2) is 23.8 Å². The Balaban J connectivity index is 1.72. The van der Waals surface area contributed by atoms with Gasteiger partial charge in [-0.2, -0.15) is 0 Å². The van der Waals surface area contributed by atoms with Crippen LogP contribution >= 0.6 is 0 Å². The fourth-order valence-corrected chi connectivity index (χ4v) is 2.43. The SMILES string of the molecule is C=C(C)COCC1CC2=CCC1C2. The number of allylic oxidation sites excluding steroid dienone is 2. The number of hydrogen-bond acceptors (Lipinski definition) is 1. The van der Waals surface area contributed by atoms with Gasteiger partial charge in [0, 0.05) is 0 Å². The van der Waals surface area contributed by atoms with E-state index in [-0.39, 0.29) is 0 Å². The largest absolute Gasteiger partial charge is 0.377 e. The third kappa shape index (κ3) is 2.02. The molecule has 2 aliphatic carbocycles. The fourth-order valence-electron chi connectivity index (χ4n) is 2.43. The summed E-state index contributed by atoms with van der Waals surface area (Å²) >= 11 is 0. The lowest BCUT2D eigenvalue weighted by molar-refractivity contribution is 0.102. The van der Waals surface area contributed by atoms with Crippen LogP contribution in [-0.2, 0) is 4.74 Å². The van der Waals surface area contributed by atoms with Crippen molar-refractivity contribution < 1.29 is 4.74 Å². The van der Waals surface area contributed by atoms with Crippen molar-refractivity contribution in [2.24, 2.45) is 11.8 Å². The van der Waals surface area contributed by atoms with Crippen molar-refractivity contribution in [2.45, 2.75) is 26.2 Å². The van der Waals surface area contributed by atoms with Crippen molar-refractivity contribution in [1.82, 2.24) is 0 Å². The second kappa shape index (κ2) is 3.67. The lowest BCUT2D eigenvalue weighted by atomic mass is 9.93. The van der Waals surface area contributed by atoms with E-state index < -0.39 is 0 Å². The predicted octanol–water partition coefficient (Wildman–Crippen LogP) is 2.94. The van der Waals surface area contributed by atoms with Gasteiger partial charge in [-0.3, -0.25) is 0 Å². The molecule has 0 aromatic rings. The summed E-state index contributed by atoms with van der Waals surface area (Å²) in [5, 5.41) is 0. The third-order valence-corrected chi connectivity index (χ3v) is 3.11. The Labute approximate surface area is 80.5 Å². The average molecular weight is 178 g/mol. The van der Waals surface area contributed by atoms with E-state index in [2.05, 4.69) is 12.7 Å². The zero-order valence-corrected chi connectivity index (χ0v) is 8.38. The first kappa shape index (κ1) is 9.01. The Morgan fingerprint density at radius 3 is 3.00 bits per heavy atom. The summed E-state index contributed by atoms with van der Waals surface area (Å²) in [4.78, 5) is 0. The maximum Gasteiger partial charge on any atom is 0.0671 e. The molecule has 72 valence electrons. The minimum absolute atomic E-state index is 0.738. The van der Waals surface area contributed by atoms with Crippen molar-refractivity contribution in [3.8, 4) is 0 Å². The zero-order valence-electron chi connectivity index (χ0n) is 8.38. The molecular formula is C12H18O. The quantitative estimate of drug-likeness (QED) is 0.601. The van der Waals surface area contributed by atoms with Crippen molar-refractivity contribution in [3.05, 3.63) is 23.8 Å². The van der Waals surface area contributed by atoms with Gasteiger partial charge < -0.3 is 4.74 Å². The molecule has 0 aliphatic heterocycles. The Kier molecular flexibility index (Phi) is 2.54. The van der Waals surface area contributed by atoms with Crippen molar-refractivity contribution in [2.75, 3.05) is 13.2 Å². The molecule has 2 unspecified atom stereocenters. The second-order valence-corrected chi connectivity index (χ2v) is 4.50. The molecule has 0 radical (unpaired) electrons. The maximum atomic E-state index is 5.60. The van der Waals surface area contributed by atoms with Gasteiger partial charge in [-0.25, -0.2) is 0 Å². The number of hydrogen-bond donors (Lipinski definition) is 0. The first-order valence-electron chi connectivity index (χ1n) is 5.15. The summed E-state index contributed by atoms with van der Waals surface area (Å²) in [5.74, 6) is 1.71. The van der Waals surface area contributed by atoms with Gasteiger partial charge in [0.25, 0.3) is 0 Å². The van der Waals surface area contributed by atoms with E-state index in [9.17, 15) is 0 Å².